The van der Waals surface area contributed by atoms with E-state index in [1.807, 2.05) is 45.0 Å². The normalized spacial score (nSPS) is 15.2. The molecular weight excluding hydrogens is 936 g/mol. The van der Waals surface area contributed by atoms with E-state index < -0.39 is 35.4 Å². The van der Waals surface area contributed by atoms with Crippen LogP contribution in [0.15, 0.2) is 60.5 Å². The fraction of sp³-hybridized carbons (Fsp3) is 0.440. The number of aryl methyl sites for hydroxylation is 1. The maximum Gasteiger partial charge on any atom is 0.246 e. The number of rotatable bonds is 25. The van der Waals surface area contributed by atoms with E-state index in [-0.39, 0.29) is 132 Å². The fourth-order valence-electron chi connectivity index (χ4n) is 8.24. The molecule has 19 nitrogen and oxygen atoms in total. The number of aliphatic hydroxyl groups excluding tert-OH is 1. The second-order valence-electron chi connectivity index (χ2n) is 18.3. The van der Waals surface area contributed by atoms with Crippen molar-refractivity contribution < 1.29 is 47.7 Å². The number of aromatic nitrogens is 3. The van der Waals surface area contributed by atoms with Crippen LogP contribution in [0.5, 0.6) is 0 Å². The minimum absolute atomic E-state index is 0.0134. The highest BCUT2D eigenvalue weighted by Gasteiger charge is 2.41. The van der Waals surface area contributed by atoms with E-state index in [4.69, 9.17) is 31.4 Å². The number of pyridine rings is 2. The van der Waals surface area contributed by atoms with Gasteiger partial charge in [-0.05, 0) is 66.3 Å². The average Bonchev–Trinajstić information content (AvgIpc) is 3.95. The molecule has 0 spiro atoms. The van der Waals surface area contributed by atoms with Gasteiger partial charge in [0.05, 0.1) is 72.8 Å². The molecule has 2 aromatic carbocycles. The van der Waals surface area contributed by atoms with E-state index >= 15 is 4.39 Å². The molecule has 10 N–H and O–H groups in total. The fourth-order valence-corrected chi connectivity index (χ4v) is 9.05. The lowest BCUT2D eigenvalue weighted by Crippen LogP contribution is -2.47. The summed E-state index contributed by atoms with van der Waals surface area (Å²) < 4.78 is 32.1. The first-order valence-electron chi connectivity index (χ1n) is 23.4. The zero-order chi connectivity index (χ0) is 51.2. The first-order valence-corrected chi connectivity index (χ1v) is 24.2. The third-order valence-electron chi connectivity index (χ3n) is 12.1. The van der Waals surface area contributed by atoms with Crippen molar-refractivity contribution in [1.82, 2.24) is 30.5 Å². The van der Waals surface area contributed by atoms with Gasteiger partial charge in [-0.25, -0.2) is 14.4 Å². The van der Waals surface area contributed by atoms with Crippen molar-refractivity contribution in [1.29, 1.82) is 0 Å². The van der Waals surface area contributed by atoms with Gasteiger partial charge in [-0.2, -0.15) is 0 Å². The van der Waals surface area contributed by atoms with Crippen LogP contribution < -0.4 is 33.2 Å². The predicted octanol–water partition coefficient (Wildman–Crippen LogP) is 4.55. The number of carbonyl (C=O) groups is 5. The van der Waals surface area contributed by atoms with Crippen molar-refractivity contribution >= 4 is 68.8 Å². The number of carbonyl (C=O) groups excluding carboxylic acids is 5. The Balaban J connectivity index is 0.816. The number of anilines is 3. The lowest BCUT2D eigenvalue weighted by molar-refractivity contribution is -0.141. The SMILES string of the molecule is Cc1ncsc1-c1ccc(CNC(=O)[C@@H]2C[C@@H](O)CN2C(=O)CC(C)(C)CC(OCCOCCOCCNC(=O)CCCC(=O)Nc2cc3cc(-c4cncc(N)c4C)c(F)c(N)c3cn2)C(N)=O)cc1. The Morgan fingerprint density at radius 3 is 2.37 bits per heavy atom. The van der Waals surface area contributed by atoms with Crippen LogP contribution in [-0.2, 0) is 44.7 Å². The first-order chi connectivity index (χ1) is 33.9. The molecule has 380 valence electrons. The van der Waals surface area contributed by atoms with Crippen LogP contribution in [0.2, 0.25) is 0 Å². The minimum atomic E-state index is -1.00. The molecule has 1 saturated heterocycles. The number of fused-ring (bicyclic) bond motifs is 1. The van der Waals surface area contributed by atoms with E-state index in [0.29, 0.717) is 27.6 Å². The van der Waals surface area contributed by atoms with Crippen LogP contribution in [0, 0.1) is 25.1 Å². The molecule has 0 radical (unpaired) electrons. The number of aliphatic hydroxyl groups is 1. The van der Waals surface area contributed by atoms with Crippen molar-refractivity contribution in [2.75, 3.05) is 62.9 Å². The lowest BCUT2D eigenvalue weighted by atomic mass is 9.82. The Hall–Kier alpha value is -6.65. The Labute approximate surface area is 415 Å². The largest absolute Gasteiger partial charge is 0.397 e. The summed E-state index contributed by atoms with van der Waals surface area (Å²) >= 11 is 1.56. The number of amides is 5. The molecule has 6 rings (SSSR count). The van der Waals surface area contributed by atoms with Crippen molar-refractivity contribution in [3.05, 3.63) is 83.1 Å². The highest BCUT2D eigenvalue weighted by Crippen LogP contribution is 2.36. The third kappa shape index (κ3) is 14.9. The van der Waals surface area contributed by atoms with Crippen molar-refractivity contribution in [2.24, 2.45) is 11.1 Å². The lowest BCUT2D eigenvalue weighted by Gasteiger charge is -2.31. The van der Waals surface area contributed by atoms with Crippen molar-refractivity contribution in [3.63, 3.8) is 0 Å². The molecule has 1 aliphatic rings. The highest BCUT2D eigenvalue weighted by molar-refractivity contribution is 7.13. The van der Waals surface area contributed by atoms with Gasteiger partial charge >= 0.3 is 0 Å². The van der Waals surface area contributed by atoms with Crippen LogP contribution in [0.25, 0.3) is 32.3 Å². The molecule has 21 heteroatoms. The number of thiazole rings is 1. The standard InChI is InChI=1S/C50H63FN10O9S/c1-29-36(24-55-26-38(29)52)35-18-33-19-41(57-25-37(33)46(53)45(35)51)60-43(64)7-5-6-42(63)56-12-13-68-14-15-69-16-17-70-40(48(54)66)21-50(3,4)22-44(65)61-27-34(62)20-39(61)49(67)58-23-31-8-10-32(11-9-31)47-30(2)59-28-71-47/h8-11,18-19,24-26,28,34,39-40,62H,5-7,12-17,20-23,27,52-53H2,1-4H3,(H2,54,66)(H,56,63)(H,58,67)(H,57,60,64)/t34-,39+,40?/m1/s1. The van der Waals surface area contributed by atoms with Crippen LogP contribution in [-0.4, -0.2) is 119 Å². The van der Waals surface area contributed by atoms with Gasteiger partial charge in [-0.15, -0.1) is 11.3 Å². The number of halogens is 1. The maximum absolute atomic E-state index is 15.3. The van der Waals surface area contributed by atoms with Crippen molar-refractivity contribution in [2.45, 2.75) is 91.0 Å². The average molecular weight is 999 g/mol. The second kappa shape index (κ2) is 25.0. The van der Waals surface area contributed by atoms with Gasteiger partial charge in [0.1, 0.15) is 18.0 Å². The molecule has 4 heterocycles. The molecule has 3 aromatic heterocycles. The van der Waals surface area contributed by atoms with Crippen LogP contribution >= 0.6 is 11.3 Å². The monoisotopic (exact) mass is 998 g/mol. The van der Waals surface area contributed by atoms with Gasteiger partial charge in [0.25, 0.3) is 0 Å². The number of β-amino-alcohol motifs (C(OH)–C–C–N with tert-alkyl or cyclic N) is 1. The number of nitrogens with zero attached hydrogens (tertiary/aromatic N) is 4. The molecule has 1 aliphatic heterocycles. The number of ether oxygens (including phenoxy) is 3. The summed E-state index contributed by atoms with van der Waals surface area (Å²) in [5.74, 6) is -2.34. The number of nitrogens with two attached hydrogens (primary N) is 3. The van der Waals surface area contributed by atoms with E-state index in [1.165, 1.54) is 23.5 Å². The summed E-state index contributed by atoms with van der Waals surface area (Å²) in [5.41, 5.74) is 23.4. The molecule has 3 atom stereocenters. The molecule has 5 aromatic rings. The first kappa shape index (κ1) is 53.7. The second-order valence-corrected chi connectivity index (χ2v) is 19.1. The Kier molecular flexibility index (Phi) is 18.9. The van der Waals surface area contributed by atoms with Gasteiger partial charge in [0, 0.05) is 74.2 Å². The smallest absolute Gasteiger partial charge is 0.246 e. The molecule has 0 bridgehead atoms. The third-order valence-corrected chi connectivity index (χ3v) is 13.1. The molecule has 5 amide bonds. The maximum atomic E-state index is 15.3. The number of hydrogen-bond donors (Lipinski definition) is 7. The van der Waals surface area contributed by atoms with E-state index in [1.54, 1.807) is 35.9 Å². The van der Waals surface area contributed by atoms with Crippen LogP contribution in [0.4, 0.5) is 21.6 Å². The number of nitrogens with one attached hydrogen (secondary N) is 3. The number of primary amides is 1. The highest BCUT2D eigenvalue weighted by atomic mass is 32.1. The summed E-state index contributed by atoms with van der Waals surface area (Å²) in [6.07, 6.45) is 3.24. The molecule has 1 fully saturated rings. The van der Waals surface area contributed by atoms with Gasteiger partial charge in [-0.1, -0.05) is 38.1 Å². The molecule has 0 saturated carbocycles. The zero-order valence-electron chi connectivity index (χ0n) is 40.4. The van der Waals surface area contributed by atoms with Gasteiger partial charge in [0.15, 0.2) is 5.82 Å². The molecular formula is C50H63FN10O9S. The van der Waals surface area contributed by atoms with E-state index in [9.17, 15) is 29.1 Å². The van der Waals surface area contributed by atoms with Crippen LogP contribution in [0.1, 0.15) is 69.2 Å². The Morgan fingerprint density at radius 2 is 1.65 bits per heavy atom. The van der Waals surface area contributed by atoms with Gasteiger partial charge < -0.3 is 57.4 Å². The quantitative estimate of drug-likeness (QED) is 0.0312. The van der Waals surface area contributed by atoms with Crippen molar-refractivity contribution in [3.8, 4) is 21.6 Å². The Bertz CT molecular complexity index is 2680. The topological polar surface area (TPSA) is 289 Å². The van der Waals surface area contributed by atoms with E-state index in [0.717, 1.165) is 21.7 Å². The van der Waals surface area contributed by atoms with Gasteiger partial charge in [0.2, 0.25) is 29.5 Å². The molecule has 0 aliphatic carbocycles. The summed E-state index contributed by atoms with van der Waals surface area (Å²) in [4.78, 5) is 79.4. The predicted molar refractivity (Wildman–Crippen MR) is 268 cm³/mol. The minimum Gasteiger partial charge on any atom is -0.397 e. The summed E-state index contributed by atoms with van der Waals surface area (Å²) in [6.45, 7) is 8.76. The number of likely N-dealkylation sites (tertiary alicyclic amines) is 1. The molecule has 71 heavy (non-hydrogen) atoms. The summed E-state index contributed by atoms with van der Waals surface area (Å²) in [7, 11) is 0. The number of nitrogen functional groups attached to an aromatic ring is 2. The number of hydrogen-bond acceptors (Lipinski definition) is 15. The summed E-state index contributed by atoms with van der Waals surface area (Å²) in [5, 5.41) is 19.8. The van der Waals surface area contributed by atoms with Gasteiger partial charge in [-0.3, -0.25) is 29.0 Å². The number of benzene rings is 2. The molecule has 1 unspecified atom stereocenters. The zero-order valence-corrected chi connectivity index (χ0v) is 41.2. The summed E-state index contributed by atoms with van der Waals surface area (Å²) in [6, 6.07) is 10.2. The van der Waals surface area contributed by atoms with Crippen LogP contribution in [0.3, 0.4) is 0 Å². The Morgan fingerprint density at radius 1 is 0.930 bits per heavy atom. The van der Waals surface area contributed by atoms with E-state index in [2.05, 4.69) is 30.9 Å².